The van der Waals surface area contributed by atoms with Crippen molar-refractivity contribution >= 4 is 5.91 Å². The van der Waals surface area contributed by atoms with Gasteiger partial charge in [-0.3, -0.25) is 4.79 Å². The maximum Gasteiger partial charge on any atom is 0.227 e. The summed E-state index contributed by atoms with van der Waals surface area (Å²) in [7, 11) is 0. The molecular formula is C11H16N2O. The van der Waals surface area contributed by atoms with Crippen molar-refractivity contribution in [2.75, 3.05) is 19.6 Å². The van der Waals surface area contributed by atoms with Crippen molar-refractivity contribution in [1.29, 1.82) is 0 Å². The van der Waals surface area contributed by atoms with Crippen LogP contribution in [0.4, 0.5) is 0 Å². The number of hydrogen-bond donors (Lipinski definition) is 1. The predicted molar refractivity (Wildman–Crippen MR) is 53.5 cm³/mol. The number of carbonyl (C=O) groups is 1. The second kappa shape index (κ2) is 3.09. The van der Waals surface area contributed by atoms with Gasteiger partial charge < -0.3 is 10.2 Å². The van der Waals surface area contributed by atoms with Gasteiger partial charge in [0.2, 0.25) is 5.91 Å². The molecule has 76 valence electrons. The highest BCUT2D eigenvalue weighted by molar-refractivity contribution is 5.79. The van der Waals surface area contributed by atoms with E-state index < -0.39 is 0 Å². The molecule has 0 aromatic heterocycles. The summed E-state index contributed by atoms with van der Waals surface area (Å²) < 4.78 is 0. The van der Waals surface area contributed by atoms with E-state index in [1.165, 1.54) is 12.1 Å². The second-order valence-electron chi connectivity index (χ2n) is 4.63. The summed E-state index contributed by atoms with van der Waals surface area (Å²) in [6.45, 7) is 3.10. The first-order valence-corrected chi connectivity index (χ1v) is 5.56. The first-order chi connectivity index (χ1) is 6.84. The summed E-state index contributed by atoms with van der Waals surface area (Å²) >= 11 is 0. The Kier molecular flexibility index (Phi) is 1.87. The molecule has 14 heavy (non-hydrogen) atoms. The highest BCUT2D eigenvalue weighted by Gasteiger charge is 2.37. The van der Waals surface area contributed by atoms with Gasteiger partial charge in [0.25, 0.3) is 0 Å². The minimum absolute atomic E-state index is 0.346. The maximum absolute atomic E-state index is 11.7. The number of nitrogens with zero attached hydrogens (tertiary/aromatic N) is 1. The summed E-state index contributed by atoms with van der Waals surface area (Å²) in [5.41, 5.74) is 1.31. The molecule has 1 unspecified atom stereocenters. The van der Waals surface area contributed by atoms with Crippen LogP contribution in [-0.2, 0) is 4.79 Å². The van der Waals surface area contributed by atoms with Crippen LogP contribution >= 0.6 is 0 Å². The maximum atomic E-state index is 11.7. The fraction of sp³-hybridized carbons (Fsp3) is 0.727. The quantitative estimate of drug-likeness (QED) is 0.613. The number of allylic oxidation sites excluding steroid dienone is 1. The summed E-state index contributed by atoms with van der Waals surface area (Å²) in [5.74, 6) is 1.64. The van der Waals surface area contributed by atoms with Crippen molar-refractivity contribution in [3.63, 3.8) is 0 Å². The van der Waals surface area contributed by atoms with Crippen LogP contribution in [0.1, 0.15) is 19.3 Å². The van der Waals surface area contributed by atoms with E-state index in [0.717, 1.165) is 32.5 Å². The molecule has 0 saturated carbocycles. The van der Waals surface area contributed by atoms with Crippen LogP contribution in [0.2, 0.25) is 0 Å². The van der Waals surface area contributed by atoms with E-state index in [4.69, 9.17) is 0 Å². The van der Waals surface area contributed by atoms with Gasteiger partial charge in [0.1, 0.15) is 0 Å². The molecule has 3 heteroatoms. The lowest BCUT2D eigenvalue weighted by Crippen LogP contribution is -2.52. The normalized spacial score (nSPS) is 36.4. The fourth-order valence-corrected chi connectivity index (χ4v) is 2.98. The predicted octanol–water partition coefficient (Wildman–Crippen LogP) is 0.732. The van der Waals surface area contributed by atoms with E-state index in [1.54, 1.807) is 0 Å². The van der Waals surface area contributed by atoms with E-state index in [-0.39, 0.29) is 0 Å². The van der Waals surface area contributed by atoms with Gasteiger partial charge in [-0.1, -0.05) is 6.08 Å². The van der Waals surface area contributed by atoms with E-state index in [9.17, 15) is 4.79 Å². The van der Waals surface area contributed by atoms with Crippen LogP contribution in [0.15, 0.2) is 11.8 Å². The Morgan fingerprint density at radius 1 is 1.43 bits per heavy atom. The first kappa shape index (κ1) is 8.48. The zero-order chi connectivity index (χ0) is 9.54. The Morgan fingerprint density at radius 2 is 2.36 bits per heavy atom. The number of nitrogens with one attached hydrogen (secondary N) is 1. The zero-order valence-corrected chi connectivity index (χ0v) is 8.33. The van der Waals surface area contributed by atoms with Gasteiger partial charge in [0.05, 0.1) is 0 Å². The third-order valence-electron chi connectivity index (χ3n) is 3.63. The third kappa shape index (κ3) is 1.19. The SMILES string of the molecule is O=C1CCC=C2[C@@H]3CNCC(C3)CN12. The molecule has 3 aliphatic rings. The van der Waals surface area contributed by atoms with Gasteiger partial charge in [-0.15, -0.1) is 0 Å². The number of fused-ring (bicyclic) bond motifs is 4. The zero-order valence-electron chi connectivity index (χ0n) is 8.33. The summed E-state index contributed by atoms with van der Waals surface area (Å²) in [6, 6.07) is 0. The molecule has 2 bridgehead atoms. The Labute approximate surface area is 84.2 Å². The summed E-state index contributed by atoms with van der Waals surface area (Å²) in [6.07, 6.45) is 5.22. The molecule has 0 radical (unpaired) electrons. The van der Waals surface area contributed by atoms with Crippen molar-refractivity contribution in [1.82, 2.24) is 10.2 Å². The first-order valence-electron chi connectivity index (χ1n) is 5.56. The third-order valence-corrected chi connectivity index (χ3v) is 3.63. The van der Waals surface area contributed by atoms with Crippen LogP contribution in [0.5, 0.6) is 0 Å². The lowest BCUT2D eigenvalue weighted by molar-refractivity contribution is -0.132. The lowest BCUT2D eigenvalue weighted by atomic mass is 9.81. The van der Waals surface area contributed by atoms with Crippen molar-refractivity contribution in [3.8, 4) is 0 Å². The van der Waals surface area contributed by atoms with Crippen LogP contribution in [-0.4, -0.2) is 30.4 Å². The van der Waals surface area contributed by atoms with Gasteiger partial charge in [-0.2, -0.15) is 0 Å². The standard InChI is InChI=1S/C11H16N2O/c14-11-3-1-2-10-9-4-8(5-12-6-9)7-13(10)11/h2,8-9,12H,1,3-7H2/t8?,9-/m0/s1. The minimum atomic E-state index is 0.346. The Hall–Kier alpha value is -0.830. The molecule has 3 rings (SSSR count). The highest BCUT2D eigenvalue weighted by atomic mass is 16.2. The van der Waals surface area contributed by atoms with E-state index in [0.29, 0.717) is 17.7 Å². The number of rotatable bonds is 0. The molecule has 0 spiro atoms. The number of amides is 1. The monoisotopic (exact) mass is 192 g/mol. The molecule has 3 heterocycles. The smallest absolute Gasteiger partial charge is 0.227 e. The fourth-order valence-electron chi connectivity index (χ4n) is 2.98. The van der Waals surface area contributed by atoms with Crippen LogP contribution in [0.25, 0.3) is 0 Å². The topological polar surface area (TPSA) is 32.3 Å². The van der Waals surface area contributed by atoms with Crippen molar-refractivity contribution < 1.29 is 4.79 Å². The summed E-state index contributed by atoms with van der Waals surface area (Å²) in [4.78, 5) is 13.8. The molecule has 2 atom stereocenters. The van der Waals surface area contributed by atoms with Gasteiger partial charge in [-0.25, -0.2) is 0 Å². The molecule has 2 saturated heterocycles. The Balaban J connectivity index is 1.92. The number of piperidine rings is 2. The van der Waals surface area contributed by atoms with Crippen LogP contribution in [0, 0.1) is 11.8 Å². The van der Waals surface area contributed by atoms with Gasteiger partial charge in [0, 0.05) is 31.1 Å². The minimum Gasteiger partial charge on any atom is -0.316 e. The van der Waals surface area contributed by atoms with Gasteiger partial charge in [0.15, 0.2) is 0 Å². The molecule has 0 aliphatic carbocycles. The van der Waals surface area contributed by atoms with E-state index in [1.807, 2.05) is 4.90 Å². The molecule has 3 nitrogen and oxygen atoms in total. The Morgan fingerprint density at radius 3 is 3.29 bits per heavy atom. The molecule has 0 aromatic rings. The molecule has 0 aromatic carbocycles. The highest BCUT2D eigenvalue weighted by Crippen LogP contribution is 2.35. The lowest BCUT2D eigenvalue weighted by Gasteiger charge is -2.45. The molecule has 2 fully saturated rings. The number of carbonyl (C=O) groups excluding carboxylic acids is 1. The largest absolute Gasteiger partial charge is 0.316 e. The number of hydrogen-bond acceptors (Lipinski definition) is 2. The summed E-state index contributed by atoms with van der Waals surface area (Å²) in [5, 5.41) is 3.46. The average molecular weight is 192 g/mol. The molecular weight excluding hydrogens is 176 g/mol. The molecule has 3 aliphatic heterocycles. The Bertz CT molecular complexity index is 298. The van der Waals surface area contributed by atoms with Crippen molar-refractivity contribution in [2.24, 2.45) is 11.8 Å². The van der Waals surface area contributed by atoms with Crippen molar-refractivity contribution in [3.05, 3.63) is 11.8 Å². The molecule has 1 amide bonds. The van der Waals surface area contributed by atoms with Crippen LogP contribution < -0.4 is 5.32 Å². The van der Waals surface area contributed by atoms with Crippen molar-refractivity contribution in [2.45, 2.75) is 19.3 Å². The van der Waals surface area contributed by atoms with Crippen LogP contribution in [0.3, 0.4) is 0 Å². The second-order valence-corrected chi connectivity index (χ2v) is 4.63. The van der Waals surface area contributed by atoms with Gasteiger partial charge in [-0.05, 0) is 25.3 Å². The molecule has 1 N–H and O–H groups in total. The van der Waals surface area contributed by atoms with Gasteiger partial charge >= 0.3 is 0 Å². The van der Waals surface area contributed by atoms with E-state index in [2.05, 4.69) is 11.4 Å². The average Bonchev–Trinajstić information content (AvgIpc) is 2.20. The van der Waals surface area contributed by atoms with E-state index >= 15 is 0 Å².